The number of rotatable bonds is 4. The third-order valence-electron chi connectivity index (χ3n) is 3.01. The molecule has 0 atom stereocenters. The second kappa shape index (κ2) is 4.35. The van der Waals surface area contributed by atoms with E-state index >= 15 is 0 Å². The summed E-state index contributed by atoms with van der Waals surface area (Å²) in [4.78, 5) is 2.26. The van der Waals surface area contributed by atoms with E-state index in [9.17, 15) is 0 Å². The zero-order valence-corrected chi connectivity index (χ0v) is 9.11. The molecule has 2 heteroatoms. The van der Waals surface area contributed by atoms with E-state index in [1.54, 1.807) is 0 Å². The van der Waals surface area contributed by atoms with Crippen LogP contribution >= 0.6 is 0 Å². The van der Waals surface area contributed by atoms with E-state index in [1.807, 2.05) is 24.3 Å². The van der Waals surface area contributed by atoms with E-state index in [4.69, 9.17) is 5.26 Å². The van der Waals surface area contributed by atoms with Gasteiger partial charge in [-0.2, -0.15) is 5.26 Å². The topological polar surface area (TPSA) is 27.0 Å². The largest absolute Gasteiger partial charge is 0.375 e. The molecular formula is C13H16N2. The van der Waals surface area contributed by atoms with Gasteiger partial charge in [0.1, 0.15) is 0 Å². The molecule has 0 saturated heterocycles. The first-order valence-electron chi connectivity index (χ1n) is 5.51. The molecule has 2 nitrogen and oxygen atoms in total. The van der Waals surface area contributed by atoms with Gasteiger partial charge < -0.3 is 4.90 Å². The minimum absolute atomic E-state index is 0.731. The van der Waals surface area contributed by atoms with E-state index in [-0.39, 0.29) is 0 Å². The second-order valence-electron chi connectivity index (χ2n) is 4.31. The standard InChI is InChI=1S/C13H16N2/c1-15(9-8-11-2-3-11)13-6-4-12(10-14)5-7-13/h4-7,11H,2-3,8-9H2,1H3. The monoisotopic (exact) mass is 200 g/mol. The first kappa shape index (κ1) is 10.0. The van der Waals surface area contributed by atoms with Crippen LogP contribution < -0.4 is 4.90 Å². The fourth-order valence-corrected chi connectivity index (χ4v) is 1.70. The Bertz CT molecular complexity index is 357. The highest BCUT2D eigenvalue weighted by Gasteiger charge is 2.21. The maximum Gasteiger partial charge on any atom is 0.0991 e. The third-order valence-corrected chi connectivity index (χ3v) is 3.01. The zero-order chi connectivity index (χ0) is 10.7. The van der Waals surface area contributed by atoms with Gasteiger partial charge in [-0.25, -0.2) is 0 Å². The van der Waals surface area contributed by atoms with Gasteiger partial charge >= 0.3 is 0 Å². The summed E-state index contributed by atoms with van der Waals surface area (Å²) in [6.07, 6.45) is 4.14. The van der Waals surface area contributed by atoms with Gasteiger partial charge in [0.05, 0.1) is 11.6 Å². The summed E-state index contributed by atoms with van der Waals surface area (Å²) in [5.41, 5.74) is 1.93. The van der Waals surface area contributed by atoms with Gasteiger partial charge in [-0.3, -0.25) is 0 Å². The van der Waals surface area contributed by atoms with Crippen LogP contribution in [0.1, 0.15) is 24.8 Å². The van der Waals surface area contributed by atoms with Crippen LogP contribution in [0.25, 0.3) is 0 Å². The van der Waals surface area contributed by atoms with Crippen LogP contribution in [0.5, 0.6) is 0 Å². The molecule has 1 aliphatic rings. The lowest BCUT2D eigenvalue weighted by atomic mass is 10.2. The molecule has 0 aliphatic heterocycles. The van der Waals surface area contributed by atoms with Crippen molar-refractivity contribution in [2.45, 2.75) is 19.3 Å². The summed E-state index contributed by atoms with van der Waals surface area (Å²) < 4.78 is 0. The molecule has 1 saturated carbocycles. The van der Waals surface area contributed by atoms with Gasteiger partial charge in [0, 0.05) is 19.3 Å². The van der Waals surface area contributed by atoms with Gasteiger partial charge in [-0.05, 0) is 36.6 Å². The van der Waals surface area contributed by atoms with Gasteiger partial charge in [0.25, 0.3) is 0 Å². The maximum absolute atomic E-state index is 8.69. The minimum atomic E-state index is 0.731. The molecule has 0 N–H and O–H groups in total. The van der Waals surface area contributed by atoms with Crippen molar-refractivity contribution in [1.82, 2.24) is 0 Å². The van der Waals surface area contributed by atoms with Gasteiger partial charge in [-0.15, -0.1) is 0 Å². The molecule has 2 rings (SSSR count). The molecule has 0 spiro atoms. The SMILES string of the molecule is CN(CCC1CC1)c1ccc(C#N)cc1. The van der Waals surface area contributed by atoms with Crippen LogP contribution in [-0.2, 0) is 0 Å². The van der Waals surface area contributed by atoms with Crippen molar-refractivity contribution in [2.24, 2.45) is 5.92 Å². The highest BCUT2D eigenvalue weighted by atomic mass is 15.1. The number of hydrogen-bond donors (Lipinski definition) is 0. The smallest absolute Gasteiger partial charge is 0.0991 e. The predicted octanol–water partition coefficient (Wildman–Crippen LogP) is 2.79. The summed E-state index contributed by atoms with van der Waals surface area (Å²) >= 11 is 0. The Morgan fingerprint density at radius 1 is 1.33 bits per heavy atom. The lowest BCUT2D eigenvalue weighted by Crippen LogP contribution is -2.18. The van der Waals surface area contributed by atoms with Crippen LogP contribution in [-0.4, -0.2) is 13.6 Å². The highest BCUT2D eigenvalue weighted by Crippen LogP contribution is 2.32. The molecule has 1 fully saturated rings. The lowest BCUT2D eigenvalue weighted by molar-refractivity contribution is 0.711. The Balaban J connectivity index is 1.92. The normalized spacial score (nSPS) is 14.7. The number of nitriles is 1. The Morgan fingerprint density at radius 2 is 2.00 bits per heavy atom. The fourth-order valence-electron chi connectivity index (χ4n) is 1.70. The zero-order valence-electron chi connectivity index (χ0n) is 9.11. The summed E-state index contributed by atoms with van der Waals surface area (Å²) in [5.74, 6) is 0.978. The van der Waals surface area contributed by atoms with Crippen LogP contribution in [0.4, 0.5) is 5.69 Å². The average molecular weight is 200 g/mol. The molecule has 0 heterocycles. The van der Waals surface area contributed by atoms with E-state index in [0.717, 1.165) is 18.0 Å². The molecule has 0 amide bonds. The molecular weight excluding hydrogens is 184 g/mol. The summed E-state index contributed by atoms with van der Waals surface area (Å²) in [5, 5.41) is 8.69. The first-order chi connectivity index (χ1) is 7.29. The van der Waals surface area contributed by atoms with Crippen molar-refractivity contribution in [3.63, 3.8) is 0 Å². The van der Waals surface area contributed by atoms with Gasteiger partial charge in [-0.1, -0.05) is 12.8 Å². The number of nitrogens with zero attached hydrogens (tertiary/aromatic N) is 2. The molecule has 1 aromatic carbocycles. The van der Waals surface area contributed by atoms with Crippen LogP contribution in [0.3, 0.4) is 0 Å². The van der Waals surface area contributed by atoms with Crippen molar-refractivity contribution in [3.05, 3.63) is 29.8 Å². The molecule has 1 aliphatic carbocycles. The van der Waals surface area contributed by atoms with Crippen molar-refractivity contribution < 1.29 is 0 Å². The van der Waals surface area contributed by atoms with Crippen LogP contribution in [0.2, 0.25) is 0 Å². The first-order valence-corrected chi connectivity index (χ1v) is 5.51. The molecule has 0 unspecified atom stereocenters. The van der Waals surface area contributed by atoms with E-state index in [0.29, 0.717) is 0 Å². The lowest BCUT2D eigenvalue weighted by Gasteiger charge is -2.18. The summed E-state index contributed by atoms with van der Waals surface area (Å²) in [6.45, 7) is 1.12. The quantitative estimate of drug-likeness (QED) is 0.747. The molecule has 1 aromatic rings. The van der Waals surface area contributed by atoms with Gasteiger partial charge in [0.2, 0.25) is 0 Å². The molecule has 15 heavy (non-hydrogen) atoms. The van der Waals surface area contributed by atoms with Crippen molar-refractivity contribution in [2.75, 3.05) is 18.5 Å². The second-order valence-corrected chi connectivity index (χ2v) is 4.31. The molecule has 0 radical (unpaired) electrons. The van der Waals surface area contributed by atoms with E-state index in [1.165, 1.54) is 24.9 Å². The summed E-state index contributed by atoms with van der Waals surface area (Å²) in [7, 11) is 2.11. The number of benzene rings is 1. The third kappa shape index (κ3) is 2.73. The molecule has 0 aromatic heterocycles. The highest BCUT2D eigenvalue weighted by molar-refractivity contribution is 5.48. The summed E-state index contributed by atoms with van der Waals surface area (Å²) in [6, 6.07) is 9.93. The predicted molar refractivity (Wildman–Crippen MR) is 61.8 cm³/mol. The maximum atomic E-state index is 8.69. The minimum Gasteiger partial charge on any atom is -0.375 e. The number of hydrogen-bond acceptors (Lipinski definition) is 2. The van der Waals surface area contributed by atoms with Gasteiger partial charge in [0.15, 0.2) is 0 Å². The molecule has 0 bridgehead atoms. The van der Waals surface area contributed by atoms with Crippen LogP contribution in [0, 0.1) is 17.2 Å². The Hall–Kier alpha value is -1.49. The van der Waals surface area contributed by atoms with E-state index < -0.39 is 0 Å². The fraction of sp³-hybridized carbons (Fsp3) is 0.462. The van der Waals surface area contributed by atoms with E-state index in [2.05, 4.69) is 18.0 Å². The number of anilines is 1. The Labute approximate surface area is 91.1 Å². The Morgan fingerprint density at radius 3 is 2.53 bits per heavy atom. The average Bonchev–Trinajstić information content (AvgIpc) is 3.10. The van der Waals surface area contributed by atoms with Crippen LogP contribution in [0.15, 0.2) is 24.3 Å². The van der Waals surface area contributed by atoms with Crippen molar-refractivity contribution in [3.8, 4) is 6.07 Å². The molecule has 78 valence electrons. The Kier molecular flexibility index (Phi) is 2.91. The van der Waals surface area contributed by atoms with Crippen molar-refractivity contribution >= 4 is 5.69 Å². The van der Waals surface area contributed by atoms with Crippen molar-refractivity contribution in [1.29, 1.82) is 5.26 Å².